The number of hydrogen-bond donors (Lipinski definition) is 0. The maximum absolute atomic E-state index is 2.41. The van der Waals surface area contributed by atoms with Crippen LogP contribution in [0.15, 0.2) is 194 Å². The molecule has 0 saturated heterocycles. The van der Waals surface area contributed by atoms with Gasteiger partial charge in [-0.2, -0.15) is 0 Å². The summed E-state index contributed by atoms with van der Waals surface area (Å²) in [7, 11) is 0. The smallest absolute Gasteiger partial charge is 0.0541 e. The van der Waals surface area contributed by atoms with E-state index in [1.807, 2.05) is 0 Å². The maximum Gasteiger partial charge on any atom is 0.0541 e. The standard InChI is InChI=1S/C50H32N2/c1-2-12-36-30-40(27-20-33(36)10-1)52-48-19-8-6-16-44(48)46-32-38(24-29-50(46)52)37-23-28-49-45(31-37)43-15-5-7-18-47(43)51(49)39-25-21-35(22-26-39)42-17-9-13-34-11-3-4-14-41(34)42/h1-32H. The molecule has 0 atom stereocenters. The van der Waals surface area contributed by atoms with Crippen molar-refractivity contribution < 1.29 is 0 Å². The van der Waals surface area contributed by atoms with Gasteiger partial charge in [0.05, 0.1) is 22.1 Å². The van der Waals surface area contributed by atoms with Gasteiger partial charge >= 0.3 is 0 Å². The summed E-state index contributed by atoms with van der Waals surface area (Å²) in [5.41, 5.74) is 12.1. The van der Waals surface area contributed by atoms with E-state index >= 15 is 0 Å². The van der Waals surface area contributed by atoms with Crippen LogP contribution in [0.3, 0.4) is 0 Å². The summed E-state index contributed by atoms with van der Waals surface area (Å²) in [6, 6.07) is 71.0. The molecule has 0 fully saturated rings. The second kappa shape index (κ2) is 11.3. The Balaban J connectivity index is 1.04. The summed E-state index contributed by atoms with van der Waals surface area (Å²) in [6.45, 7) is 0. The van der Waals surface area contributed by atoms with Crippen LogP contribution in [-0.4, -0.2) is 9.13 Å². The van der Waals surface area contributed by atoms with Crippen LogP contribution in [0, 0.1) is 0 Å². The van der Waals surface area contributed by atoms with Gasteiger partial charge in [0.25, 0.3) is 0 Å². The number of aromatic nitrogens is 2. The van der Waals surface area contributed by atoms with E-state index in [1.165, 1.54) is 93.1 Å². The Morgan fingerprint density at radius 3 is 1.40 bits per heavy atom. The Labute approximate surface area is 301 Å². The molecule has 0 bridgehead atoms. The molecule has 52 heavy (non-hydrogen) atoms. The third-order valence-corrected chi connectivity index (χ3v) is 10.9. The van der Waals surface area contributed by atoms with E-state index in [4.69, 9.17) is 0 Å². The third kappa shape index (κ3) is 4.38. The first-order valence-electron chi connectivity index (χ1n) is 17.9. The molecule has 9 aromatic carbocycles. The van der Waals surface area contributed by atoms with Crippen molar-refractivity contribution in [3.05, 3.63) is 194 Å². The maximum atomic E-state index is 2.41. The number of para-hydroxylation sites is 2. The summed E-state index contributed by atoms with van der Waals surface area (Å²) >= 11 is 0. The van der Waals surface area contributed by atoms with E-state index in [2.05, 4.69) is 203 Å². The van der Waals surface area contributed by atoms with E-state index in [0.29, 0.717) is 0 Å². The highest BCUT2D eigenvalue weighted by atomic mass is 15.0. The summed E-state index contributed by atoms with van der Waals surface area (Å²) < 4.78 is 4.81. The van der Waals surface area contributed by atoms with Crippen molar-refractivity contribution >= 4 is 65.2 Å². The van der Waals surface area contributed by atoms with Crippen LogP contribution in [0.1, 0.15) is 0 Å². The molecule has 2 nitrogen and oxygen atoms in total. The molecule has 0 N–H and O–H groups in total. The van der Waals surface area contributed by atoms with Gasteiger partial charge < -0.3 is 9.13 Å². The number of hydrogen-bond acceptors (Lipinski definition) is 0. The quantitative estimate of drug-likeness (QED) is 0.178. The van der Waals surface area contributed by atoms with Gasteiger partial charge in [-0.15, -0.1) is 0 Å². The zero-order valence-corrected chi connectivity index (χ0v) is 28.4. The monoisotopic (exact) mass is 660 g/mol. The second-order valence-electron chi connectivity index (χ2n) is 13.8. The van der Waals surface area contributed by atoms with Gasteiger partial charge in [-0.25, -0.2) is 0 Å². The largest absolute Gasteiger partial charge is 0.309 e. The molecule has 0 radical (unpaired) electrons. The lowest BCUT2D eigenvalue weighted by Gasteiger charge is -2.11. The summed E-state index contributed by atoms with van der Waals surface area (Å²) in [4.78, 5) is 0. The minimum absolute atomic E-state index is 1.16. The minimum Gasteiger partial charge on any atom is -0.309 e. The average molecular weight is 661 g/mol. The van der Waals surface area contributed by atoms with Gasteiger partial charge in [-0.05, 0) is 104 Å². The van der Waals surface area contributed by atoms with Gasteiger partial charge in [0.1, 0.15) is 0 Å². The minimum atomic E-state index is 1.16. The van der Waals surface area contributed by atoms with Crippen LogP contribution >= 0.6 is 0 Å². The van der Waals surface area contributed by atoms with Gasteiger partial charge in [-0.3, -0.25) is 0 Å². The fourth-order valence-electron chi connectivity index (χ4n) is 8.44. The summed E-state index contributed by atoms with van der Waals surface area (Å²) in [5.74, 6) is 0. The van der Waals surface area contributed by atoms with E-state index in [1.54, 1.807) is 0 Å². The van der Waals surface area contributed by atoms with Crippen molar-refractivity contribution in [1.29, 1.82) is 0 Å². The molecule has 242 valence electrons. The number of rotatable bonds is 4. The number of benzene rings is 9. The normalized spacial score (nSPS) is 11.8. The van der Waals surface area contributed by atoms with Gasteiger partial charge in [-0.1, -0.05) is 133 Å². The molecule has 0 spiro atoms. The second-order valence-corrected chi connectivity index (χ2v) is 13.8. The summed E-state index contributed by atoms with van der Waals surface area (Å²) in [5, 5.41) is 10.1. The van der Waals surface area contributed by atoms with Crippen LogP contribution in [0.5, 0.6) is 0 Å². The van der Waals surface area contributed by atoms with E-state index < -0.39 is 0 Å². The Kier molecular flexibility index (Phi) is 6.28. The number of fused-ring (bicyclic) bond motifs is 8. The lowest BCUT2D eigenvalue weighted by atomic mass is 9.98. The molecular weight excluding hydrogens is 629 g/mol. The Morgan fingerprint density at radius 2 is 0.731 bits per heavy atom. The molecule has 0 amide bonds. The molecule has 0 unspecified atom stereocenters. The molecule has 0 aliphatic heterocycles. The third-order valence-electron chi connectivity index (χ3n) is 10.9. The molecule has 0 aliphatic carbocycles. The van der Waals surface area contributed by atoms with Crippen LogP contribution in [0.25, 0.3) is 98.8 Å². The van der Waals surface area contributed by atoms with Crippen molar-refractivity contribution in [3.63, 3.8) is 0 Å². The molecule has 2 aromatic heterocycles. The van der Waals surface area contributed by atoms with Crippen molar-refractivity contribution in [2.45, 2.75) is 0 Å². The molecule has 2 heteroatoms. The van der Waals surface area contributed by atoms with Crippen molar-refractivity contribution in [1.82, 2.24) is 9.13 Å². The van der Waals surface area contributed by atoms with Crippen molar-refractivity contribution in [3.8, 4) is 33.6 Å². The fraction of sp³-hybridized carbons (Fsp3) is 0. The van der Waals surface area contributed by atoms with Crippen molar-refractivity contribution in [2.75, 3.05) is 0 Å². The van der Waals surface area contributed by atoms with Crippen molar-refractivity contribution in [2.24, 2.45) is 0 Å². The van der Waals surface area contributed by atoms with Crippen LogP contribution in [0.4, 0.5) is 0 Å². The Morgan fingerprint density at radius 1 is 0.250 bits per heavy atom. The lowest BCUT2D eigenvalue weighted by Crippen LogP contribution is -1.94. The molecule has 11 aromatic rings. The molecule has 0 aliphatic rings. The Hall–Kier alpha value is -6.90. The highest BCUT2D eigenvalue weighted by Crippen LogP contribution is 2.39. The highest BCUT2D eigenvalue weighted by molar-refractivity contribution is 6.13. The van der Waals surface area contributed by atoms with E-state index in [-0.39, 0.29) is 0 Å². The zero-order valence-electron chi connectivity index (χ0n) is 28.4. The first-order chi connectivity index (χ1) is 25.8. The SMILES string of the molecule is c1ccc2cc(-n3c4ccccc4c4cc(-c5ccc6c(c5)c5ccccc5n6-c5ccc(-c6cccc7ccccc67)cc5)ccc43)ccc2c1. The summed E-state index contributed by atoms with van der Waals surface area (Å²) in [6.07, 6.45) is 0. The predicted octanol–water partition coefficient (Wildman–Crippen LogP) is 13.5. The first kappa shape index (κ1) is 28.9. The van der Waals surface area contributed by atoms with Crippen LogP contribution < -0.4 is 0 Å². The molecule has 11 rings (SSSR count). The predicted molar refractivity (Wildman–Crippen MR) is 221 cm³/mol. The zero-order chi connectivity index (χ0) is 34.2. The van der Waals surface area contributed by atoms with E-state index in [9.17, 15) is 0 Å². The topological polar surface area (TPSA) is 9.86 Å². The van der Waals surface area contributed by atoms with Gasteiger partial charge in [0.2, 0.25) is 0 Å². The molecule has 2 heterocycles. The molecule has 0 saturated carbocycles. The molecular formula is C50H32N2. The van der Waals surface area contributed by atoms with Gasteiger partial charge in [0, 0.05) is 32.9 Å². The number of nitrogens with zero attached hydrogens (tertiary/aromatic N) is 2. The lowest BCUT2D eigenvalue weighted by molar-refractivity contribution is 1.18. The van der Waals surface area contributed by atoms with Gasteiger partial charge in [0.15, 0.2) is 0 Å². The fourth-order valence-corrected chi connectivity index (χ4v) is 8.44. The van der Waals surface area contributed by atoms with E-state index in [0.717, 1.165) is 5.69 Å². The Bertz CT molecular complexity index is 3170. The average Bonchev–Trinajstić information content (AvgIpc) is 3.73. The highest BCUT2D eigenvalue weighted by Gasteiger charge is 2.16. The van der Waals surface area contributed by atoms with Crippen LogP contribution in [-0.2, 0) is 0 Å². The van der Waals surface area contributed by atoms with Crippen LogP contribution in [0.2, 0.25) is 0 Å². The first-order valence-corrected chi connectivity index (χ1v) is 17.9.